The molecule has 98 valence electrons. The van der Waals surface area contributed by atoms with Gasteiger partial charge in [0.1, 0.15) is 0 Å². The van der Waals surface area contributed by atoms with Crippen molar-refractivity contribution in [2.24, 2.45) is 5.92 Å². The fourth-order valence-electron chi connectivity index (χ4n) is 1.60. The highest BCUT2D eigenvalue weighted by atomic mass is 35.5. The number of aliphatic carboxylic acids is 1. The highest BCUT2D eigenvalue weighted by Gasteiger charge is 2.19. The maximum Gasteiger partial charge on any atom is 0.308 e. The van der Waals surface area contributed by atoms with Crippen molar-refractivity contribution in [2.75, 3.05) is 13.6 Å². The average molecular weight is 270 g/mol. The third-order valence-corrected chi connectivity index (χ3v) is 2.98. The molecule has 1 atom stereocenters. The number of hydrogen-bond donors (Lipinski definition) is 1. The molecule has 1 N–H and O–H groups in total. The number of carbonyl (C=O) groups excluding carboxylic acids is 1. The predicted octanol–water partition coefficient (Wildman–Crippen LogP) is 2.44. The molecule has 1 amide bonds. The van der Waals surface area contributed by atoms with Gasteiger partial charge in [-0.05, 0) is 24.6 Å². The number of rotatable bonds is 4. The van der Waals surface area contributed by atoms with E-state index >= 15 is 0 Å². The third-order valence-electron chi connectivity index (χ3n) is 2.75. The summed E-state index contributed by atoms with van der Waals surface area (Å²) in [6.07, 6.45) is 0. The third kappa shape index (κ3) is 3.47. The van der Waals surface area contributed by atoms with Crippen LogP contribution in [0.25, 0.3) is 0 Å². The van der Waals surface area contributed by atoms with E-state index < -0.39 is 11.9 Å². The van der Waals surface area contributed by atoms with Gasteiger partial charge in [-0.2, -0.15) is 0 Å². The van der Waals surface area contributed by atoms with Crippen LogP contribution in [0.2, 0.25) is 5.02 Å². The number of halogens is 1. The molecule has 0 aromatic heterocycles. The van der Waals surface area contributed by atoms with E-state index in [4.69, 9.17) is 16.7 Å². The van der Waals surface area contributed by atoms with E-state index in [1.165, 1.54) is 4.90 Å². The van der Waals surface area contributed by atoms with Crippen LogP contribution in [0.3, 0.4) is 0 Å². The minimum absolute atomic E-state index is 0.167. The van der Waals surface area contributed by atoms with Crippen molar-refractivity contribution < 1.29 is 14.7 Å². The van der Waals surface area contributed by atoms with Crippen molar-refractivity contribution in [1.82, 2.24) is 4.90 Å². The Balaban J connectivity index is 2.86. The number of carboxylic acids is 1. The zero-order chi connectivity index (χ0) is 13.9. The second kappa shape index (κ2) is 5.87. The molecule has 5 heteroatoms. The quantitative estimate of drug-likeness (QED) is 0.913. The van der Waals surface area contributed by atoms with Gasteiger partial charge in [-0.15, -0.1) is 0 Å². The van der Waals surface area contributed by atoms with E-state index in [0.29, 0.717) is 10.6 Å². The molecule has 1 aromatic carbocycles. The molecule has 0 saturated heterocycles. The van der Waals surface area contributed by atoms with Crippen LogP contribution in [0.1, 0.15) is 22.8 Å². The largest absolute Gasteiger partial charge is 0.481 e. The van der Waals surface area contributed by atoms with Crippen molar-refractivity contribution in [1.29, 1.82) is 0 Å². The zero-order valence-corrected chi connectivity index (χ0v) is 11.4. The second-order valence-electron chi connectivity index (χ2n) is 4.38. The van der Waals surface area contributed by atoms with Crippen molar-refractivity contribution in [2.45, 2.75) is 13.8 Å². The lowest BCUT2D eigenvalue weighted by atomic mass is 10.1. The maximum atomic E-state index is 12.2. The summed E-state index contributed by atoms with van der Waals surface area (Å²) in [5.74, 6) is -1.74. The highest BCUT2D eigenvalue weighted by molar-refractivity contribution is 6.31. The average Bonchev–Trinajstić information content (AvgIpc) is 2.31. The normalized spacial score (nSPS) is 12.0. The Morgan fingerprint density at radius 1 is 1.44 bits per heavy atom. The van der Waals surface area contributed by atoms with Crippen LogP contribution in [0.5, 0.6) is 0 Å². The van der Waals surface area contributed by atoms with Gasteiger partial charge in [0.2, 0.25) is 0 Å². The van der Waals surface area contributed by atoms with E-state index in [9.17, 15) is 9.59 Å². The molecule has 0 aliphatic carbocycles. The summed E-state index contributed by atoms with van der Waals surface area (Å²) in [4.78, 5) is 24.3. The van der Waals surface area contributed by atoms with Crippen LogP contribution in [0, 0.1) is 12.8 Å². The van der Waals surface area contributed by atoms with Gasteiger partial charge >= 0.3 is 5.97 Å². The number of carboxylic acid groups (broad SMARTS) is 1. The summed E-state index contributed by atoms with van der Waals surface area (Å²) in [7, 11) is 1.59. The predicted molar refractivity (Wildman–Crippen MR) is 69.9 cm³/mol. The van der Waals surface area contributed by atoms with Crippen molar-refractivity contribution >= 4 is 23.5 Å². The molecule has 1 rings (SSSR count). The van der Waals surface area contributed by atoms with Gasteiger partial charge in [-0.1, -0.05) is 24.6 Å². The Morgan fingerprint density at radius 3 is 2.61 bits per heavy atom. The fraction of sp³-hybridized carbons (Fsp3) is 0.385. The van der Waals surface area contributed by atoms with E-state index in [2.05, 4.69) is 0 Å². The van der Waals surface area contributed by atoms with Gasteiger partial charge in [-0.25, -0.2) is 0 Å². The summed E-state index contributed by atoms with van der Waals surface area (Å²) in [6.45, 7) is 3.55. The summed E-state index contributed by atoms with van der Waals surface area (Å²) in [5, 5.41) is 9.31. The van der Waals surface area contributed by atoms with Gasteiger partial charge in [-0.3, -0.25) is 9.59 Å². The van der Waals surface area contributed by atoms with E-state index in [1.54, 1.807) is 32.2 Å². The number of amides is 1. The van der Waals surface area contributed by atoms with Gasteiger partial charge in [0.15, 0.2) is 0 Å². The Bertz CT molecular complexity index is 473. The van der Waals surface area contributed by atoms with Crippen LogP contribution in [0.15, 0.2) is 18.2 Å². The van der Waals surface area contributed by atoms with Gasteiger partial charge < -0.3 is 10.0 Å². The number of nitrogens with zero attached hydrogens (tertiary/aromatic N) is 1. The highest BCUT2D eigenvalue weighted by Crippen LogP contribution is 2.17. The Labute approximate surface area is 111 Å². The number of aryl methyl sites for hydroxylation is 1. The van der Waals surface area contributed by atoms with Crippen molar-refractivity contribution in [3.05, 3.63) is 34.3 Å². The zero-order valence-electron chi connectivity index (χ0n) is 10.6. The van der Waals surface area contributed by atoms with Crippen LogP contribution in [0.4, 0.5) is 0 Å². The lowest BCUT2D eigenvalue weighted by molar-refractivity contribution is -0.141. The number of benzene rings is 1. The van der Waals surface area contributed by atoms with Crippen LogP contribution in [-0.2, 0) is 4.79 Å². The standard InChI is InChI=1S/C13H16ClNO3/c1-8-4-5-10(14)6-11(8)12(16)15(3)7-9(2)13(17)18/h4-6,9H,7H2,1-3H3,(H,17,18). The molecule has 0 aliphatic rings. The van der Waals surface area contributed by atoms with E-state index in [-0.39, 0.29) is 12.5 Å². The number of hydrogen-bond acceptors (Lipinski definition) is 2. The van der Waals surface area contributed by atoms with Crippen molar-refractivity contribution in [3.63, 3.8) is 0 Å². The molecule has 0 radical (unpaired) electrons. The molecule has 0 aliphatic heterocycles. The van der Waals surface area contributed by atoms with Crippen LogP contribution >= 0.6 is 11.6 Å². The van der Waals surface area contributed by atoms with Crippen LogP contribution < -0.4 is 0 Å². The first-order valence-electron chi connectivity index (χ1n) is 5.57. The maximum absolute atomic E-state index is 12.2. The molecule has 4 nitrogen and oxygen atoms in total. The molecule has 0 bridgehead atoms. The molecule has 1 aromatic rings. The summed E-state index contributed by atoms with van der Waals surface area (Å²) < 4.78 is 0. The van der Waals surface area contributed by atoms with Crippen molar-refractivity contribution in [3.8, 4) is 0 Å². The van der Waals surface area contributed by atoms with Gasteiger partial charge in [0.05, 0.1) is 5.92 Å². The first-order valence-corrected chi connectivity index (χ1v) is 5.95. The van der Waals surface area contributed by atoms with E-state index in [1.807, 2.05) is 6.92 Å². The van der Waals surface area contributed by atoms with Gasteiger partial charge in [0, 0.05) is 24.2 Å². The minimum atomic E-state index is -0.919. The molecule has 18 heavy (non-hydrogen) atoms. The Kier molecular flexibility index (Phi) is 4.73. The molecule has 0 heterocycles. The summed E-state index contributed by atoms with van der Waals surface area (Å²) in [5.41, 5.74) is 1.32. The molecular formula is C13H16ClNO3. The topological polar surface area (TPSA) is 57.6 Å². The lowest BCUT2D eigenvalue weighted by Gasteiger charge is -2.20. The monoisotopic (exact) mass is 269 g/mol. The first-order chi connectivity index (χ1) is 8.32. The Morgan fingerprint density at radius 2 is 2.06 bits per heavy atom. The molecular weight excluding hydrogens is 254 g/mol. The molecule has 0 fully saturated rings. The minimum Gasteiger partial charge on any atom is -0.481 e. The lowest BCUT2D eigenvalue weighted by Crippen LogP contribution is -2.34. The first kappa shape index (κ1) is 14.5. The fourth-order valence-corrected chi connectivity index (χ4v) is 1.77. The molecule has 0 saturated carbocycles. The SMILES string of the molecule is Cc1ccc(Cl)cc1C(=O)N(C)CC(C)C(=O)O. The van der Waals surface area contributed by atoms with Crippen LogP contribution in [-0.4, -0.2) is 35.5 Å². The second-order valence-corrected chi connectivity index (χ2v) is 4.82. The number of carbonyl (C=O) groups is 2. The summed E-state index contributed by atoms with van der Waals surface area (Å²) in [6, 6.07) is 5.08. The smallest absolute Gasteiger partial charge is 0.308 e. The van der Waals surface area contributed by atoms with Gasteiger partial charge in [0.25, 0.3) is 5.91 Å². The summed E-state index contributed by atoms with van der Waals surface area (Å²) >= 11 is 5.86. The van der Waals surface area contributed by atoms with E-state index in [0.717, 1.165) is 5.56 Å². The molecule has 0 spiro atoms. The Hall–Kier alpha value is -1.55. The molecule has 1 unspecified atom stereocenters.